The van der Waals surface area contributed by atoms with Crippen molar-refractivity contribution in [2.45, 2.75) is 0 Å². The normalized spacial score (nSPS) is 12.7. The zero-order chi connectivity index (χ0) is 19.4. The molecule has 0 aliphatic rings. The van der Waals surface area contributed by atoms with Crippen molar-refractivity contribution in [3.63, 3.8) is 0 Å². The smallest absolute Gasteiger partial charge is 0.0362 e. The van der Waals surface area contributed by atoms with E-state index < -0.39 is 0 Å². The van der Waals surface area contributed by atoms with Crippen LogP contribution in [0.15, 0.2) is 70.1 Å². The minimum atomic E-state index is 1.34. The molecule has 4 heteroatoms. The molecule has 0 spiro atoms. The lowest BCUT2D eigenvalue weighted by Gasteiger charge is -2.01. The van der Waals surface area contributed by atoms with Crippen molar-refractivity contribution in [3.05, 3.63) is 70.1 Å². The molecule has 4 aromatic carbocycles. The second-order valence-electron chi connectivity index (χ2n) is 7.95. The molecular formula is C26H12S4. The van der Waals surface area contributed by atoms with Crippen LogP contribution in [0.1, 0.15) is 0 Å². The number of benzene rings is 4. The van der Waals surface area contributed by atoms with Gasteiger partial charge in [0.2, 0.25) is 0 Å². The standard InChI is InChI=1S/C26H12S4/c1-13-5-24-20(22-4-16-10-28-12-18(16)8-26(22)30-24)2-14(13)6-23-19(1)21-3-15-9-27-11-17(15)7-25(21)29-23/h1-12H. The quantitative estimate of drug-likeness (QED) is 0.215. The van der Waals surface area contributed by atoms with E-state index in [1.54, 1.807) is 22.7 Å². The Morgan fingerprint density at radius 2 is 0.633 bits per heavy atom. The summed E-state index contributed by atoms with van der Waals surface area (Å²) in [5.74, 6) is 0. The Hall–Kier alpha value is -2.50. The summed E-state index contributed by atoms with van der Waals surface area (Å²) in [5.41, 5.74) is 0. The van der Waals surface area contributed by atoms with E-state index in [9.17, 15) is 0 Å². The maximum Gasteiger partial charge on any atom is 0.0362 e. The third-order valence-electron chi connectivity index (χ3n) is 6.21. The van der Waals surface area contributed by atoms with Crippen LogP contribution >= 0.6 is 45.3 Å². The summed E-state index contributed by atoms with van der Waals surface area (Å²) >= 11 is 7.41. The Morgan fingerprint density at radius 1 is 0.333 bits per heavy atom. The number of fused-ring (bicyclic) bond motifs is 9. The lowest BCUT2D eigenvalue weighted by molar-refractivity contribution is 1.96. The largest absolute Gasteiger partial charge is 0.151 e. The fraction of sp³-hybridized carbons (Fsp3) is 0. The van der Waals surface area contributed by atoms with E-state index in [4.69, 9.17) is 0 Å². The predicted octanol–water partition coefficient (Wildman–Crippen LogP) is 10.0. The van der Waals surface area contributed by atoms with Crippen molar-refractivity contribution < 1.29 is 0 Å². The Balaban J connectivity index is 1.49. The molecule has 0 bridgehead atoms. The molecule has 0 radical (unpaired) electrons. The summed E-state index contributed by atoms with van der Waals surface area (Å²) in [4.78, 5) is 0. The van der Waals surface area contributed by atoms with Crippen LogP contribution in [0, 0.1) is 0 Å². The van der Waals surface area contributed by atoms with Gasteiger partial charge in [0.15, 0.2) is 0 Å². The van der Waals surface area contributed by atoms with Gasteiger partial charge in [0.1, 0.15) is 0 Å². The lowest BCUT2D eigenvalue weighted by Crippen LogP contribution is -1.74. The van der Waals surface area contributed by atoms with Gasteiger partial charge in [-0.2, -0.15) is 22.7 Å². The van der Waals surface area contributed by atoms with Crippen molar-refractivity contribution >= 4 is 118 Å². The minimum Gasteiger partial charge on any atom is -0.151 e. The van der Waals surface area contributed by atoms with E-state index >= 15 is 0 Å². The van der Waals surface area contributed by atoms with Crippen molar-refractivity contribution in [2.75, 3.05) is 0 Å². The molecule has 0 unspecified atom stereocenters. The van der Waals surface area contributed by atoms with Crippen molar-refractivity contribution in [1.29, 1.82) is 0 Å². The fourth-order valence-corrected chi connectivity index (χ4v) is 8.59. The van der Waals surface area contributed by atoms with E-state index in [-0.39, 0.29) is 0 Å². The Bertz CT molecular complexity index is 1810. The molecule has 4 heterocycles. The maximum absolute atomic E-state index is 2.41. The molecule has 30 heavy (non-hydrogen) atoms. The molecule has 0 aliphatic heterocycles. The predicted molar refractivity (Wildman–Crippen MR) is 140 cm³/mol. The molecule has 0 aliphatic carbocycles. The summed E-state index contributed by atoms with van der Waals surface area (Å²) in [5, 5.41) is 22.7. The monoisotopic (exact) mass is 452 g/mol. The lowest BCUT2D eigenvalue weighted by atomic mass is 10.0. The minimum absolute atomic E-state index is 1.34. The van der Waals surface area contributed by atoms with Gasteiger partial charge in [-0.15, -0.1) is 22.7 Å². The maximum atomic E-state index is 2.41. The van der Waals surface area contributed by atoms with Crippen LogP contribution in [0.3, 0.4) is 0 Å². The molecule has 0 atom stereocenters. The molecular weight excluding hydrogens is 441 g/mol. The third kappa shape index (κ3) is 2.09. The van der Waals surface area contributed by atoms with E-state index in [1.165, 1.54) is 72.7 Å². The summed E-state index contributed by atoms with van der Waals surface area (Å²) in [6, 6.07) is 19.1. The molecule has 4 aromatic heterocycles. The van der Waals surface area contributed by atoms with Gasteiger partial charge in [-0.25, -0.2) is 0 Å². The van der Waals surface area contributed by atoms with Crippen LogP contribution in [-0.2, 0) is 0 Å². The van der Waals surface area contributed by atoms with Gasteiger partial charge in [0.05, 0.1) is 0 Å². The van der Waals surface area contributed by atoms with E-state index in [0.29, 0.717) is 0 Å². The first-order valence-electron chi connectivity index (χ1n) is 9.78. The number of hydrogen-bond acceptors (Lipinski definition) is 4. The fourth-order valence-electron chi connectivity index (χ4n) is 4.72. The first kappa shape index (κ1) is 16.2. The number of rotatable bonds is 0. The van der Waals surface area contributed by atoms with Gasteiger partial charge in [-0.3, -0.25) is 0 Å². The van der Waals surface area contributed by atoms with Crippen LogP contribution in [-0.4, -0.2) is 0 Å². The van der Waals surface area contributed by atoms with Gasteiger partial charge in [0.25, 0.3) is 0 Å². The topological polar surface area (TPSA) is 0 Å². The van der Waals surface area contributed by atoms with E-state index in [1.807, 2.05) is 22.7 Å². The molecule has 0 fully saturated rings. The van der Waals surface area contributed by atoms with Gasteiger partial charge in [0, 0.05) is 40.3 Å². The first-order valence-corrected chi connectivity index (χ1v) is 13.3. The SMILES string of the molecule is c1scc2cc3c(cc12)sc1cc2cc4c(cc2cc13)sc1cc2cscc2cc14. The zero-order valence-corrected chi connectivity index (χ0v) is 18.8. The summed E-state index contributed by atoms with van der Waals surface area (Å²) in [7, 11) is 0. The molecule has 140 valence electrons. The zero-order valence-electron chi connectivity index (χ0n) is 15.6. The highest BCUT2D eigenvalue weighted by molar-refractivity contribution is 7.26. The number of hydrogen-bond donors (Lipinski definition) is 0. The molecule has 0 amide bonds. The van der Waals surface area contributed by atoms with Crippen molar-refractivity contribution in [3.8, 4) is 0 Å². The second-order valence-corrected chi connectivity index (χ2v) is 11.6. The van der Waals surface area contributed by atoms with Crippen LogP contribution in [0.4, 0.5) is 0 Å². The first-order chi connectivity index (χ1) is 14.8. The molecule has 0 N–H and O–H groups in total. The average Bonchev–Trinajstić information content (AvgIpc) is 3.51. The van der Waals surface area contributed by atoms with Crippen molar-refractivity contribution in [1.82, 2.24) is 0 Å². The molecule has 8 rings (SSSR count). The van der Waals surface area contributed by atoms with Crippen molar-refractivity contribution in [2.24, 2.45) is 0 Å². The molecule has 8 aromatic rings. The molecule has 0 saturated heterocycles. The van der Waals surface area contributed by atoms with Crippen LogP contribution in [0.25, 0.3) is 72.7 Å². The Labute approximate surface area is 187 Å². The van der Waals surface area contributed by atoms with Gasteiger partial charge >= 0.3 is 0 Å². The van der Waals surface area contributed by atoms with Gasteiger partial charge in [-0.05, 0) is 102 Å². The van der Waals surface area contributed by atoms with Gasteiger partial charge in [-0.1, -0.05) is 0 Å². The average molecular weight is 453 g/mol. The molecule has 0 nitrogen and oxygen atoms in total. The third-order valence-corrected chi connectivity index (χ3v) is 10.00. The Kier molecular flexibility index (Phi) is 3.03. The highest BCUT2D eigenvalue weighted by Crippen LogP contribution is 2.42. The second kappa shape index (κ2) is 5.59. The number of thiophene rings is 4. The Morgan fingerprint density at radius 3 is 1.03 bits per heavy atom. The molecule has 0 saturated carbocycles. The summed E-state index contributed by atoms with van der Waals surface area (Å²) in [6.45, 7) is 0. The van der Waals surface area contributed by atoms with E-state index in [0.717, 1.165) is 0 Å². The summed E-state index contributed by atoms with van der Waals surface area (Å²) < 4.78 is 5.54. The van der Waals surface area contributed by atoms with Crippen LogP contribution in [0.2, 0.25) is 0 Å². The highest BCUT2D eigenvalue weighted by Gasteiger charge is 2.12. The highest BCUT2D eigenvalue weighted by atomic mass is 32.1. The van der Waals surface area contributed by atoms with Crippen LogP contribution in [0.5, 0.6) is 0 Å². The van der Waals surface area contributed by atoms with Gasteiger partial charge < -0.3 is 0 Å². The summed E-state index contributed by atoms with van der Waals surface area (Å²) in [6.07, 6.45) is 0. The van der Waals surface area contributed by atoms with Crippen LogP contribution < -0.4 is 0 Å². The van der Waals surface area contributed by atoms with E-state index in [2.05, 4.69) is 70.1 Å².